The molecule has 1 fully saturated rings. The van der Waals surface area contributed by atoms with Crippen LogP contribution in [0, 0.1) is 0 Å². The molecule has 0 amide bonds. The SMILES string of the molecule is COc1cc(Nc2ncnc3cc(OCCCN4CCN(C)CC4)c(OC)cc23)c2c(c1)OCO2.Cl.Cl. The highest BCUT2D eigenvalue weighted by Crippen LogP contribution is 2.44. The lowest BCUT2D eigenvalue weighted by Gasteiger charge is -2.32. The Kier molecular flexibility index (Phi) is 10.1. The Hall–Kier alpha value is -2.92. The number of nitrogens with one attached hydrogen (secondary N) is 1. The van der Waals surface area contributed by atoms with Gasteiger partial charge in [0.25, 0.3) is 0 Å². The first-order valence-corrected chi connectivity index (χ1v) is 11.8. The van der Waals surface area contributed by atoms with Crippen molar-refractivity contribution in [3.63, 3.8) is 0 Å². The van der Waals surface area contributed by atoms with Crippen LogP contribution in [0.5, 0.6) is 28.7 Å². The van der Waals surface area contributed by atoms with Crippen LogP contribution in [0.4, 0.5) is 11.5 Å². The van der Waals surface area contributed by atoms with Crippen LogP contribution in [0.25, 0.3) is 10.9 Å². The van der Waals surface area contributed by atoms with Gasteiger partial charge in [-0.25, -0.2) is 9.97 Å². The van der Waals surface area contributed by atoms with Gasteiger partial charge in [0.15, 0.2) is 23.0 Å². The fourth-order valence-corrected chi connectivity index (χ4v) is 4.30. The predicted molar refractivity (Wildman–Crippen MR) is 147 cm³/mol. The lowest BCUT2D eigenvalue weighted by Crippen LogP contribution is -2.44. The largest absolute Gasteiger partial charge is 0.497 e. The molecule has 0 bridgehead atoms. The lowest BCUT2D eigenvalue weighted by molar-refractivity contribution is 0.145. The number of aromatic nitrogens is 2. The second-order valence-electron chi connectivity index (χ2n) is 8.62. The summed E-state index contributed by atoms with van der Waals surface area (Å²) in [6.45, 7) is 6.24. The van der Waals surface area contributed by atoms with E-state index >= 15 is 0 Å². The van der Waals surface area contributed by atoms with Gasteiger partial charge in [0.05, 0.1) is 32.0 Å². The highest BCUT2D eigenvalue weighted by Gasteiger charge is 2.21. The molecule has 1 aromatic heterocycles. The van der Waals surface area contributed by atoms with Crippen molar-refractivity contribution in [2.24, 2.45) is 0 Å². The molecular weight excluding hydrogens is 521 g/mol. The smallest absolute Gasteiger partial charge is 0.231 e. The van der Waals surface area contributed by atoms with Gasteiger partial charge in [-0.2, -0.15) is 0 Å². The molecule has 0 unspecified atom stereocenters. The first-order valence-electron chi connectivity index (χ1n) is 11.8. The molecule has 12 heteroatoms. The molecule has 37 heavy (non-hydrogen) atoms. The number of fused-ring (bicyclic) bond motifs is 2. The van der Waals surface area contributed by atoms with E-state index in [4.69, 9.17) is 23.7 Å². The third-order valence-corrected chi connectivity index (χ3v) is 6.33. The Bertz CT molecular complexity index is 1190. The first-order chi connectivity index (χ1) is 17.1. The molecule has 1 saturated heterocycles. The molecule has 2 aliphatic heterocycles. The van der Waals surface area contributed by atoms with Gasteiger partial charge in [-0.05, 0) is 19.5 Å². The number of halogens is 2. The van der Waals surface area contributed by atoms with E-state index in [-0.39, 0.29) is 31.6 Å². The number of nitrogens with zero attached hydrogens (tertiary/aromatic N) is 4. The zero-order valence-corrected chi connectivity index (χ0v) is 22.8. The molecule has 0 radical (unpaired) electrons. The van der Waals surface area contributed by atoms with Crippen LogP contribution in [0.15, 0.2) is 30.6 Å². The number of benzene rings is 2. The van der Waals surface area contributed by atoms with Crippen LogP contribution in [-0.4, -0.2) is 87.2 Å². The average molecular weight is 554 g/mol. The number of hydrogen-bond acceptors (Lipinski definition) is 10. The van der Waals surface area contributed by atoms with Crippen LogP contribution < -0.4 is 29.0 Å². The molecule has 1 N–H and O–H groups in total. The van der Waals surface area contributed by atoms with Gasteiger partial charge < -0.3 is 38.8 Å². The van der Waals surface area contributed by atoms with E-state index in [1.807, 2.05) is 18.2 Å². The highest BCUT2D eigenvalue weighted by atomic mass is 35.5. The van der Waals surface area contributed by atoms with Gasteiger partial charge in [-0.1, -0.05) is 0 Å². The van der Waals surface area contributed by atoms with Crippen LogP contribution in [0.3, 0.4) is 0 Å². The van der Waals surface area contributed by atoms with Crippen molar-refractivity contribution in [3.8, 4) is 28.7 Å². The minimum Gasteiger partial charge on any atom is -0.497 e. The van der Waals surface area contributed by atoms with E-state index in [9.17, 15) is 0 Å². The summed E-state index contributed by atoms with van der Waals surface area (Å²) in [6, 6.07) is 7.43. The summed E-state index contributed by atoms with van der Waals surface area (Å²) < 4.78 is 28.3. The van der Waals surface area contributed by atoms with Crippen LogP contribution in [0.2, 0.25) is 0 Å². The zero-order chi connectivity index (χ0) is 24.2. The third kappa shape index (κ3) is 6.51. The summed E-state index contributed by atoms with van der Waals surface area (Å²) in [5.41, 5.74) is 1.44. The number of rotatable bonds is 9. The number of piperazine rings is 1. The average Bonchev–Trinajstić information content (AvgIpc) is 3.36. The molecule has 3 aromatic rings. The van der Waals surface area contributed by atoms with Crippen molar-refractivity contribution in [1.82, 2.24) is 19.8 Å². The van der Waals surface area contributed by atoms with Gasteiger partial charge in [0, 0.05) is 56.3 Å². The van der Waals surface area contributed by atoms with Gasteiger partial charge in [-0.15, -0.1) is 24.8 Å². The predicted octanol–water partition coefficient (Wildman–Crippen LogP) is 3.98. The molecule has 0 spiro atoms. The van der Waals surface area contributed by atoms with Crippen molar-refractivity contribution in [2.75, 3.05) is 72.7 Å². The van der Waals surface area contributed by atoms with Crippen LogP contribution in [-0.2, 0) is 0 Å². The number of anilines is 2. The molecule has 5 rings (SSSR count). The Morgan fingerprint density at radius 3 is 2.51 bits per heavy atom. The maximum atomic E-state index is 6.10. The number of ether oxygens (including phenoxy) is 5. The lowest BCUT2D eigenvalue weighted by atomic mass is 10.2. The van der Waals surface area contributed by atoms with Crippen molar-refractivity contribution in [3.05, 3.63) is 30.6 Å². The first kappa shape index (κ1) is 28.6. The van der Waals surface area contributed by atoms with Crippen LogP contribution in [0.1, 0.15) is 6.42 Å². The summed E-state index contributed by atoms with van der Waals surface area (Å²) in [4.78, 5) is 13.8. The van der Waals surface area contributed by atoms with Gasteiger partial charge >= 0.3 is 0 Å². The summed E-state index contributed by atoms with van der Waals surface area (Å²) in [7, 11) is 5.41. The van der Waals surface area contributed by atoms with E-state index in [2.05, 4.69) is 32.1 Å². The number of methoxy groups -OCH3 is 2. The standard InChI is InChI=1S/C25H31N5O5.2ClH/c1-29-6-8-30(9-7-29)5-4-10-33-22-14-19-18(13-21(22)32-3)25(27-15-26-19)28-20-11-17(31-2)12-23-24(20)35-16-34-23;;/h11-15H,4-10,16H2,1-3H3,(H,26,27,28);2*1H. The van der Waals surface area contributed by atoms with Crippen LogP contribution >= 0.6 is 24.8 Å². The summed E-state index contributed by atoms with van der Waals surface area (Å²) in [5.74, 6) is 3.80. The van der Waals surface area contributed by atoms with Crippen molar-refractivity contribution in [2.45, 2.75) is 6.42 Å². The molecule has 10 nitrogen and oxygen atoms in total. The van der Waals surface area contributed by atoms with Gasteiger partial charge in [-0.3, -0.25) is 0 Å². The molecule has 2 aliphatic rings. The fourth-order valence-electron chi connectivity index (χ4n) is 4.30. The summed E-state index contributed by atoms with van der Waals surface area (Å²) >= 11 is 0. The molecule has 202 valence electrons. The molecule has 0 saturated carbocycles. The molecule has 0 aliphatic carbocycles. The Morgan fingerprint density at radius 2 is 1.76 bits per heavy atom. The topological polar surface area (TPSA) is 90.4 Å². The zero-order valence-electron chi connectivity index (χ0n) is 21.2. The van der Waals surface area contributed by atoms with Crippen molar-refractivity contribution >= 4 is 47.2 Å². The summed E-state index contributed by atoms with van der Waals surface area (Å²) in [5, 5.41) is 4.14. The van der Waals surface area contributed by atoms with E-state index in [0.717, 1.165) is 50.0 Å². The molecule has 3 heterocycles. The Labute approximate surface area is 229 Å². The van der Waals surface area contributed by atoms with E-state index in [1.165, 1.54) is 6.33 Å². The van der Waals surface area contributed by atoms with E-state index in [1.54, 1.807) is 20.3 Å². The Morgan fingerprint density at radius 1 is 0.946 bits per heavy atom. The second kappa shape index (κ2) is 13.0. The van der Waals surface area contributed by atoms with E-state index in [0.29, 0.717) is 46.9 Å². The minimum absolute atomic E-state index is 0. The normalized spacial score (nSPS) is 15.0. The fraction of sp³-hybridized carbons (Fsp3) is 0.440. The molecular formula is C25H33Cl2N5O5. The minimum atomic E-state index is 0. The molecule has 2 aromatic carbocycles. The maximum Gasteiger partial charge on any atom is 0.231 e. The van der Waals surface area contributed by atoms with Crippen molar-refractivity contribution in [1.29, 1.82) is 0 Å². The monoisotopic (exact) mass is 553 g/mol. The molecule has 0 atom stereocenters. The highest BCUT2D eigenvalue weighted by molar-refractivity contribution is 5.93. The van der Waals surface area contributed by atoms with Gasteiger partial charge in [0.1, 0.15) is 17.9 Å². The number of hydrogen-bond donors (Lipinski definition) is 1. The summed E-state index contributed by atoms with van der Waals surface area (Å²) in [6.07, 6.45) is 2.47. The van der Waals surface area contributed by atoms with Crippen molar-refractivity contribution < 1.29 is 23.7 Å². The Balaban J connectivity index is 0.00000190. The van der Waals surface area contributed by atoms with Gasteiger partial charge in [0.2, 0.25) is 6.79 Å². The maximum absolute atomic E-state index is 6.10. The second-order valence-corrected chi connectivity index (χ2v) is 8.62. The van der Waals surface area contributed by atoms with E-state index < -0.39 is 0 Å². The number of likely N-dealkylation sites (N-methyl/N-ethyl adjacent to an activating group) is 1. The third-order valence-electron chi connectivity index (χ3n) is 6.33. The quantitative estimate of drug-likeness (QED) is 0.392.